The molecule has 1 aromatic carbocycles. The fourth-order valence-electron chi connectivity index (χ4n) is 4.98. The molecule has 2 heterocycles. The summed E-state index contributed by atoms with van der Waals surface area (Å²) in [6.07, 6.45) is 5.55. The van der Waals surface area contributed by atoms with Gasteiger partial charge in [0, 0.05) is 29.4 Å². The lowest BCUT2D eigenvalue weighted by molar-refractivity contribution is -0.165. The molecule has 1 aliphatic heterocycles. The first kappa shape index (κ1) is 19.6. The second kappa shape index (κ2) is 7.99. The highest BCUT2D eigenvalue weighted by molar-refractivity contribution is 5.84. The van der Waals surface area contributed by atoms with Crippen LogP contribution in [0.25, 0.3) is 0 Å². The molecule has 0 saturated carbocycles. The van der Waals surface area contributed by atoms with Crippen LogP contribution in [0.2, 0.25) is 0 Å². The van der Waals surface area contributed by atoms with E-state index in [0.29, 0.717) is 19.1 Å². The lowest BCUT2D eigenvalue weighted by atomic mass is 9.56. The maximum absolute atomic E-state index is 12.4. The number of rotatable bonds is 4. The smallest absolute Gasteiger partial charge is 0.411 e. The number of anilines is 1. The summed E-state index contributed by atoms with van der Waals surface area (Å²) in [7, 11) is 0. The normalized spacial score (nSPS) is 30.9. The topological polar surface area (TPSA) is 60.5 Å². The van der Waals surface area contributed by atoms with Crippen molar-refractivity contribution < 1.29 is 14.3 Å². The Morgan fingerprint density at radius 1 is 1.24 bits per heavy atom. The van der Waals surface area contributed by atoms with Gasteiger partial charge in [-0.1, -0.05) is 49.8 Å². The van der Waals surface area contributed by atoms with Crippen molar-refractivity contribution in [2.75, 3.05) is 18.5 Å². The number of carbonyl (C=O) groups is 1. The van der Waals surface area contributed by atoms with Crippen molar-refractivity contribution in [2.24, 2.45) is 23.2 Å². The Hall–Kier alpha value is -2.66. The van der Waals surface area contributed by atoms with Gasteiger partial charge < -0.3 is 9.47 Å². The van der Waals surface area contributed by atoms with Crippen molar-refractivity contribution in [3.05, 3.63) is 72.1 Å². The van der Waals surface area contributed by atoms with Crippen molar-refractivity contribution in [1.82, 2.24) is 4.98 Å². The third-order valence-electron chi connectivity index (χ3n) is 6.75. The van der Waals surface area contributed by atoms with Crippen LogP contribution in [0.1, 0.15) is 32.4 Å². The second-order valence-electron chi connectivity index (χ2n) is 8.33. The number of amides is 1. The highest BCUT2D eigenvalue weighted by atomic mass is 16.6. The summed E-state index contributed by atoms with van der Waals surface area (Å²) in [4.78, 5) is 16.6. The fourth-order valence-corrected chi connectivity index (χ4v) is 4.98. The van der Waals surface area contributed by atoms with Crippen molar-refractivity contribution >= 4 is 11.8 Å². The third-order valence-corrected chi connectivity index (χ3v) is 6.75. The van der Waals surface area contributed by atoms with Crippen LogP contribution >= 0.6 is 0 Å². The molecule has 1 saturated heterocycles. The van der Waals surface area contributed by atoms with Crippen molar-refractivity contribution in [2.45, 2.75) is 26.9 Å². The van der Waals surface area contributed by atoms with Gasteiger partial charge in [0.2, 0.25) is 0 Å². The van der Waals surface area contributed by atoms with Gasteiger partial charge in [0.1, 0.15) is 6.61 Å². The summed E-state index contributed by atoms with van der Waals surface area (Å²) >= 11 is 0. The highest BCUT2D eigenvalue weighted by Gasteiger charge is 2.54. The van der Waals surface area contributed by atoms with Gasteiger partial charge in [-0.25, -0.2) is 4.79 Å². The molecule has 1 aromatic heterocycles. The molecule has 4 rings (SSSR count). The Bertz CT molecular complexity index is 884. The highest BCUT2D eigenvalue weighted by Crippen LogP contribution is 2.56. The molecule has 2 bridgehead atoms. The Balaban J connectivity index is 1.52. The van der Waals surface area contributed by atoms with Gasteiger partial charge in [0.25, 0.3) is 0 Å². The Kier molecular flexibility index (Phi) is 5.41. The number of nitrogens with zero attached hydrogens (tertiary/aromatic N) is 1. The van der Waals surface area contributed by atoms with Crippen molar-refractivity contribution in [3.8, 4) is 0 Å². The number of allylic oxidation sites excluding steroid dienone is 1. The number of pyridine rings is 1. The van der Waals surface area contributed by atoms with Crippen molar-refractivity contribution in [1.29, 1.82) is 0 Å². The predicted octanol–water partition coefficient (Wildman–Crippen LogP) is 5.24. The molecule has 2 aliphatic rings. The summed E-state index contributed by atoms with van der Waals surface area (Å²) in [6.45, 7) is 7.52. The quantitative estimate of drug-likeness (QED) is 0.723. The van der Waals surface area contributed by atoms with E-state index in [9.17, 15) is 4.79 Å². The van der Waals surface area contributed by atoms with Crippen LogP contribution in [0.5, 0.6) is 0 Å². The van der Waals surface area contributed by atoms with E-state index in [1.165, 1.54) is 5.57 Å². The zero-order valence-corrected chi connectivity index (χ0v) is 17.2. The molecule has 152 valence electrons. The van der Waals surface area contributed by atoms with Gasteiger partial charge in [-0.2, -0.15) is 0 Å². The van der Waals surface area contributed by atoms with Crippen LogP contribution in [0.15, 0.2) is 66.5 Å². The monoisotopic (exact) mass is 392 g/mol. The lowest BCUT2D eigenvalue weighted by Gasteiger charge is -2.55. The van der Waals surface area contributed by atoms with E-state index in [0.717, 1.165) is 11.3 Å². The maximum Gasteiger partial charge on any atom is 0.411 e. The van der Waals surface area contributed by atoms with Gasteiger partial charge in [-0.05, 0) is 42.5 Å². The first-order valence-electron chi connectivity index (χ1n) is 10.2. The zero-order chi connectivity index (χ0) is 20.4. The number of carbonyl (C=O) groups excluding carboxylic acids is 1. The Labute approximate surface area is 172 Å². The SMILES string of the molecule is CC1=C[C@@H](C)[C@@]2(COC(=O)Nc3ccccc3)CO[C@H](c3cccnc3)[C@@H]1[C@H]2C. The van der Waals surface area contributed by atoms with Crippen LogP contribution < -0.4 is 5.32 Å². The molecular weight excluding hydrogens is 364 g/mol. The largest absolute Gasteiger partial charge is 0.449 e. The maximum atomic E-state index is 12.4. The van der Waals surface area contributed by atoms with E-state index in [1.807, 2.05) is 42.6 Å². The van der Waals surface area contributed by atoms with Gasteiger partial charge in [0.15, 0.2) is 0 Å². The Morgan fingerprint density at radius 2 is 2.03 bits per heavy atom. The van der Waals surface area contributed by atoms with Crippen LogP contribution in [0.3, 0.4) is 0 Å². The van der Waals surface area contributed by atoms with E-state index in [1.54, 1.807) is 6.20 Å². The second-order valence-corrected chi connectivity index (χ2v) is 8.33. The molecule has 5 atom stereocenters. The molecular formula is C24H28N2O3. The van der Waals surface area contributed by atoms with E-state index >= 15 is 0 Å². The molecule has 2 aromatic rings. The standard InChI is InChI=1S/C24H28N2O3/c1-16-12-17(2)24(15-29-23(27)26-20-9-5-4-6-10-20)14-28-22(21(16)18(24)3)19-8-7-11-25-13-19/h4-13,17-18,21-22H,14-15H2,1-3H3,(H,26,27)/t17-,18-,21+,22-,24+/m1/s1. The summed E-state index contributed by atoms with van der Waals surface area (Å²) in [6, 6.07) is 13.4. The molecule has 1 amide bonds. The first-order valence-corrected chi connectivity index (χ1v) is 10.2. The first-order chi connectivity index (χ1) is 14.0. The summed E-state index contributed by atoms with van der Waals surface area (Å²) in [5, 5.41) is 2.80. The fraction of sp³-hybridized carbons (Fsp3) is 0.417. The number of hydrogen-bond acceptors (Lipinski definition) is 4. The van der Waals surface area contributed by atoms with Gasteiger partial charge in [-0.15, -0.1) is 0 Å². The molecule has 1 N–H and O–H groups in total. The van der Waals surface area contributed by atoms with Gasteiger partial charge in [-0.3, -0.25) is 10.3 Å². The van der Waals surface area contributed by atoms with Crippen LogP contribution in [-0.4, -0.2) is 24.3 Å². The number of nitrogens with one attached hydrogen (secondary N) is 1. The minimum absolute atomic E-state index is 0.0197. The average molecular weight is 392 g/mol. The van der Waals surface area contributed by atoms with E-state index < -0.39 is 6.09 Å². The summed E-state index contributed by atoms with van der Waals surface area (Å²) in [5.74, 6) is 0.809. The summed E-state index contributed by atoms with van der Waals surface area (Å²) < 4.78 is 12.1. The third kappa shape index (κ3) is 3.67. The number of para-hydroxylation sites is 1. The summed E-state index contributed by atoms with van der Waals surface area (Å²) in [5.41, 5.74) is 2.92. The van der Waals surface area contributed by atoms with E-state index in [2.05, 4.69) is 43.2 Å². The molecule has 5 heteroatoms. The lowest BCUT2D eigenvalue weighted by Crippen LogP contribution is -2.54. The van der Waals surface area contributed by atoms with Gasteiger partial charge >= 0.3 is 6.09 Å². The van der Waals surface area contributed by atoms with E-state index in [4.69, 9.17) is 9.47 Å². The van der Waals surface area contributed by atoms with Gasteiger partial charge in [0.05, 0.1) is 12.7 Å². The van der Waals surface area contributed by atoms with Crippen LogP contribution in [-0.2, 0) is 9.47 Å². The minimum atomic E-state index is -0.429. The van der Waals surface area contributed by atoms with E-state index in [-0.39, 0.29) is 23.4 Å². The molecule has 0 unspecified atom stereocenters. The van der Waals surface area contributed by atoms with Crippen molar-refractivity contribution in [3.63, 3.8) is 0 Å². The number of hydrogen-bond donors (Lipinski definition) is 1. The molecule has 0 spiro atoms. The zero-order valence-electron chi connectivity index (χ0n) is 17.2. The molecule has 29 heavy (non-hydrogen) atoms. The molecule has 1 fully saturated rings. The number of fused-ring (bicyclic) bond motifs is 2. The minimum Gasteiger partial charge on any atom is -0.449 e. The van der Waals surface area contributed by atoms with Crippen LogP contribution in [0.4, 0.5) is 10.5 Å². The number of ether oxygens (including phenoxy) is 2. The van der Waals surface area contributed by atoms with Crippen LogP contribution in [0, 0.1) is 23.2 Å². The average Bonchev–Trinajstić information content (AvgIpc) is 2.73. The molecule has 0 radical (unpaired) electrons. The number of benzene rings is 1. The number of aromatic nitrogens is 1. The Morgan fingerprint density at radius 3 is 2.76 bits per heavy atom. The molecule has 5 nitrogen and oxygen atoms in total. The predicted molar refractivity (Wildman–Crippen MR) is 112 cm³/mol. The molecule has 1 aliphatic carbocycles.